The third-order valence-electron chi connectivity index (χ3n) is 4.53. The molecule has 0 bridgehead atoms. The molecule has 126 valence electrons. The first kappa shape index (κ1) is 16.5. The molecule has 2 aromatic carbocycles. The van der Waals surface area contributed by atoms with E-state index in [0.29, 0.717) is 5.57 Å². The van der Waals surface area contributed by atoms with E-state index in [9.17, 15) is 4.79 Å². The van der Waals surface area contributed by atoms with E-state index < -0.39 is 0 Å². The van der Waals surface area contributed by atoms with Crippen molar-refractivity contribution in [3.05, 3.63) is 54.6 Å². The largest absolute Gasteiger partial charge is 0.488 e. The standard InChI is InChI=1S/C20H24N2O2/c1-15(20(23)21-17-10-12-22(2)13-11-17)14-24-19-9-5-7-16-6-3-4-8-18(16)19/h3-9,17H,1,10-14H2,2H3,(H,21,23). The summed E-state index contributed by atoms with van der Waals surface area (Å²) in [6.07, 6.45) is 1.97. The fraction of sp³-hybridized carbons (Fsp3) is 0.350. The predicted molar refractivity (Wildman–Crippen MR) is 97.2 cm³/mol. The zero-order chi connectivity index (χ0) is 16.9. The molecule has 1 aliphatic rings. The van der Waals surface area contributed by atoms with Crippen LogP contribution in [-0.4, -0.2) is 43.6 Å². The van der Waals surface area contributed by atoms with Crippen LogP contribution in [0.2, 0.25) is 0 Å². The number of benzene rings is 2. The van der Waals surface area contributed by atoms with Crippen LogP contribution in [0.3, 0.4) is 0 Å². The second-order valence-electron chi connectivity index (χ2n) is 6.42. The molecule has 1 saturated heterocycles. The van der Waals surface area contributed by atoms with Gasteiger partial charge in [0.15, 0.2) is 0 Å². The number of piperidine rings is 1. The van der Waals surface area contributed by atoms with Gasteiger partial charge >= 0.3 is 0 Å². The van der Waals surface area contributed by atoms with Gasteiger partial charge in [-0.3, -0.25) is 4.79 Å². The molecule has 0 saturated carbocycles. The van der Waals surface area contributed by atoms with E-state index in [-0.39, 0.29) is 18.6 Å². The normalized spacial score (nSPS) is 16.0. The Morgan fingerprint density at radius 3 is 2.71 bits per heavy atom. The SMILES string of the molecule is C=C(COc1cccc2ccccc12)C(=O)NC1CCN(C)CC1. The molecule has 1 aliphatic heterocycles. The quantitative estimate of drug-likeness (QED) is 0.860. The van der Waals surface area contributed by atoms with E-state index in [1.807, 2.05) is 42.5 Å². The fourth-order valence-electron chi connectivity index (χ4n) is 2.99. The molecule has 1 fully saturated rings. The zero-order valence-electron chi connectivity index (χ0n) is 14.1. The third kappa shape index (κ3) is 3.95. The number of hydrogen-bond donors (Lipinski definition) is 1. The topological polar surface area (TPSA) is 41.6 Å². The van der Waals surface area contributed by atoms with Crippen LogP contribution in [0.25, 0.3) is 10.8 Å². The highest BCUT2D eigenvalue weighted by atomic mass is 16.5. The molecule has 1 amide bonds. The molecule has 0 aromatic heterocycles. The summed E-state index contributed by atoms with van der Waals surface area (Å²) in [5.41, 5.74) is 0.460. The summed E-state index contributed by atoms with van der Waals surface area (Å²) in [6, 6.07) is 14.2. The van der Waals surface area contributed by atoms with Gasteiger partial charge in [-0.2, -0.15) is 0 Å². The maximum atomic E-state index is 12.3. The Hall–Kier alpha value is -2.33. The molecule has 4 nitrogen and oxygen atoms in total. The Morgan fingerprint density at radius 1 is 1.21 bits per heavy atom. The van der Waals surface area contributed by atoms with E-state index in [2.05, 4.69) is 23.8 Å². The first-order valence-corrected chi connectivity index (χ1v) is 8.41. The monoisotopic (exact) mass is 324 g/mol. The lowest BCUT2D eigenvalue weighted by atomic mass is 10.1. The van der Waals surface area contributed by atoms with Crippen LogP contribution < -0.4 is 10.1 Å². The van der Waals surface area contributed by atoms with Gasteiger partial charge in [-0.25, -0.2) is 0 Å². The molecule has 24 heavy (non-hydrogen) atoms. The first-order chi connectivity index (χ1) is 11.6. The van der Waals surface area contributed by atoms with Crippen molar-refractivity contribution in [2.24, 2.45) is 0 Å². The molecule has 2 aromatic rings. The molecule has 1 heterocycles. The molecule has 0 unspecified atom stereocenters. The second-order valence-corrected chi connectivity index (χ2v) is 6.42. The van der Waals surface area contributed by atoms with Crippen LogP contribution in [0.15, 0.2) is 54.6 Å². The number of likely N-dealkylation sites (tertiary alicyclic amines) is 1. The maximum Gasteiger partial charge on any atom is 0.250 e. The smallest absolute Gasteiger partial charge is 0.250 e. The van der Waals surface area contributed by atoms with Crippen LogP contribution >= 0.6 is 0 Å². The van der Waals surface area contributed by atoms with Gasteiger partial charge in [0.25, 0.3) is 0 Å². The number of nitrogens with zero attached hydrogens (tertiary/aromatic N) is 1. The fourth-order valence-corrected chi connectivity index (χ4v) is 2.99. The summed E-state index contributed by atoms with van der Waals surface area (Å²) in [5.74, 6) is 0.672. The molecule has 0 radical (unpaired) electrons. The van der Waals surface area contributed by atoms with Gasteiger partial charge in [0.1, 0.15) is 12.4 Å². The van der Waals surface area contributed by atoms with Crippen LogP contribution in [-0.2, 0) is 4.79 Å². The Morgan fingerprint density at radius 2 is 1.92 bits per heavy atom. The first-order valence-electron chi connectivity index (χ1n) is 8.41. The summed E-state index contributed by atoms with van der Waals surface area (Å²) < 4.78 is 5.84. The van der Waals surface area contributed by atoms with E-state index in [0.717, 1.165) is 42.5 Å². The molecule has 0 atom stereocenters. The summed E-state index contributed by atoms with van der Waals surface area (Å²) in [4.78, 5) is 14.6. The minimum atomic E-state index is -0.107. The molecule has 0 aliphatic carbocycles. The Kier molecular flexibility index (Phi) is 5.16. The number of amides is 1. The van der Waals surface area contributed by atoms with Crippen molar-refractivity contribution >= 4 is 16.7 Å². The lowest BCUT2D eigenvalue weighted by Gasteiger charge is -2.29. The number of hydrogen-bond acceptors (Lipinski definition) is 3. The minimum absolute atomic E-state index is 0.107. The second kappa shape index (κ2) is 7.49. The van der Waals surface area contributed by atoms with Crippen LogP contribution in [0, 0.1) is 0 Å². The van der Waals surface area contributed by atoms with Crippen LogP contribution in [0.5, 0.6) is 5.75 Å². The maximum absolute atomic E-state index is 12.3. The number of nitrogens with one attached hydrogen (secondary N) is 1. The predicted octanol–water partition coefficient (Wildman–Crippen LogP) is 2.99. The summed E-state index contributed by atoms with van der Waals surface area (Å²) in [7, 11) is 2.11. The molecular weight excluding hydrogens is 300 g/mol. The minimum Gasteiger partial charge on any atom is -0.488 e. The van der Waals surface area contributed by atoms with Gasteiger partial charge in [0.05, 0.1) is 0 Å². The zero-order valence-corrected chi connectivity index (χ0v) is 14.1. The van der Waals surface area contributed by atoms with E-state index >= 15 is 0 Å². The summed E-state index contributed by atoms with van der Waals surface area (Å²) >= 11 is 0. The Balaban J connectivity index is 1.55. The van der Waals surface area contributed by atoms with Gasteiger partial charge in [0, 0.05) is 17.0 Å². The van der Waals surface area contributed by atoms with Gasteiger partial charge in [-0.15, -0.1) is 0 Å². The van der Waals surface area contributed by atoms with E-state index in [4.69, 9.17) is 4.74 Å². The number of ether oxygens (including phenoxy) is 1. The number of fused-ring (bicyclic) bond motifs is 1. The molecular formula is C20H24N2O2. The van der Waals surface area contributed by atoms with Crippen molar-refractivity contribution < 1.29 is 9.53 Å². The van der Waals surface area contributed by atoms with Gasteiger partial charge in [0.2, 0.25) is 5.91 Å². The molecule has 3 rings (SSSR count). The number of carbonyl (C=O) groups excluding carboxylic acids is 1. The highest BCUT2D eigenvalue weighted by Crippen LogP contribution is 2.25. The highest BCUT2D eigenvalue weighted by Gasteiger charge is 2.19. The van der Waals surface area contributed by atoms with Crippen molar-refractivity contribution in [1.82, 2.24) is 10.2 Å². The average Bonchev–Trinajstić information content (AvgIpc) is 2.61. The van der Waals surface area contributed by atoms with Crippen molar-refractivity contribution in [1.29, 1.82) is 0 Å². The van der Waals surface area contributed by atoms with Crippen molar-refractivity contribution in [3.8, 4) is 5.75 Å². The average molecular weight is 324 g/mol. The van der Waals surface area contributed by atoms with Crippen molar-refractivity contribution in [2.45, 2.75) is 18.9 Å². The lowest BCUT2D eigenvalue weighted by molar-refractivity contribution is -0.118. The van der Waals surface area contributed by atoms with Gasteiger partial charge in [-0.05, 0) is 44.4 Å². The lowest BCUT2D eigenvalue weighted by Crippen LogP contribution is -2.44. The van der Waals surface area contributed by atoms with Gasteiger partial charge < -0.3 is 15.0 Å². The van der Waals surface area contributed by atoms with Gasteiger partial charge in [-0.1, -0.05) is 43.0 Å². The van der Waals surface area contributed by atoms with Crippen molar-refractivity contribution in [3.63, 3.8) is 0 Å². The molecule has 0 spiro atoms. The van der Waals surface area contributed by atoms with E-state index in [1.165, 1.54) is 0 Å². The summed E-state index contributed by atoms with van der Waals surface area (Å²) in [6.45, 7) is 6.12. The molecule has 4 heteroatoms. The van der Waals surface area contributed by atoms with Crippen LogP contribution in [0.4, 0.5) is 0 Å². The molecule has 1 N–H and O–H groups in total. The third-order valence-corrected chi connectivity index (χ3v) is 4.53. The summed E-state index contributed by atoms with van der Waals surface area (Å²) in [5, 5.41) is 5.23. The van der Waals surface area contributed by atoms with Crippen molar-refractivity contribution in [2.75, 3.05) is 26.7 Å². The van der Waals surface area contributed by atoms with E-state index in [1.54, 1.807) is 0 Å². The number of carbonyl (C=O) groups is 1. The Labute approximate surface area is 143 Å². The van der Waals surface area contributed by atoms with Crippen LogP contribution in [0.1, 0.15) is 12.8 Å². The highest BCUT2D eigenvalue weighted by molar-refractivity contribution is 5.93. The Bertz CT molecular complexity index is 728. The number of rotatable bonds is 5.